The van der Waals surface area contributed by atoms with Crippen LogP contribution in [0.2, 0.25) is 0 Å². The lowest BCUT2D eigenvalue weighted by atomic mass is 9.96. The monoisotopic (exact) mass is 460 g/mol. The van der Waals surface area contributed by atoms with Crippen molar-refractivity contribution < 1.29 is 36.2 Å². The van der Waals surface area contributed by atoms with Crippen LogP contribution in [0.3, 0.4) is 0 Å². The highest BCUT2D eigenvalue weighted by Crippen LogP contribution is 2.33. The predicted molar refractivity (Wildman–Crippen MR) is 109 cm³/mol. The highest BCUT2D eigenvalue weighted by atomic mass is 32.2. The molecule has 2 aromatic carbocycles. The molecule has 1 amide bonds. The number of carbonyl (C=O) groups is 1. The van der Waals surface area contributed by atoms with E-state index in [1.54, 1.807) is 13.8 Å². The predicted octanol–water partition coefficient (Wildman–Crippen LogP) is 3.72. The van der Waals surface area contributed by atoms with Crippen LogP contribution in [0.15, 0.2) is 47.4 Å². The van der Waals surface area contributed by atoms with E-state index in [9.17, 15) is 31.5 Å². The Morgan fingerprint density at radius 3 is 2.35 bits per heavy atom. The van der Waals surface area contributed by atoms with Gasteiger partial charge >= 0.3 is 6.18 Å². The van der Waals surface area contributed by atoms with Crippen LogP contribution in [-0.4, -0.2) is 33.1 Å². The summed E-state index contributed by atoms with van der Waals surface area (Å²) in [5.41, 5.74) is -1.03. The van der Waals surface area contributed by atoms with Crippen molar-refractivity contribution in [3.63, 3.8) is 0 Å². The minimum atomic E-state index is -4.62. The molecule has 0 radical (unpaired) electrons. The molecule has 11 heteroatoms. The molecule has 7 nitrogen and oxygen atoms in total. The van der Waals surface area contributed by atoms with Gasteiger partial charge in [-0.15, -0.1) is 0 Å². The Morgan fingerprint density at radius 2 is 1.81 bits per heavy atom. The molecule has 3 N–H and O–H groups in total. The van der Waals surface area contributed by atoms with E-state index in [1.807, 2.05) is 0 Å². The highest BCUT2D eigenvalue weighted by molar-refractivity contribution is 7.92. The Bertz CT molecular complexity index is 1040. The fourth-order valence-corrected chi connectivity index (χ4v) is 3.97. The van der Waals surface area contributed by atoms with Crippen LogP contribution in [0, 0.1) is 11.8 Å². The average Bonchev–Trinajstić information content (AvgIpc) is 2.67. The molecule has 0 unspecified atom stereocenters. The van der Waals surface area contributed by atoms with Crippen molar-refractivity contribution in [2.45, 2.75) is 24.9 Å². The minimum Gasteiger partial charge on any atom is -0.495 e. The van der Waals surface area contributed by atoms with E-state index in [2.05, 4.69) is 10.0 Å². The Labute approximate surface area is 178 Å². The summed E-state index contributed by atoms with van der Waals surface area (Å²) in [5.74, 6) is -1.35. The van der Waals surface area contributed by atoms with Crippen molar-refractivity contribution in [3.05, 3.63) is 48.0 Å². The molecule has 0 spiro atoms. The molecule has 2 rings (SSSR count). The van der Waals surface area contributed by atoms with E-state index in [-0.39, 0.29) is 34.5 Å². The first-order valence-corrected chi connectivity index (χ1v) is 10.7. The van der Waals surface area contributed by atoms with Crippen molar-refractivity contribution >= 4 is 27.3 Å². The van der Waals surface area contributed by atoms with Gasteiger partial charge in [0.15, 0.2) is 0 Å². The van der Waals surface area contributed by atoms with Crippen molar-refractivity contribution in [2.75, 3.05) is 23.8 Å². The number of nitrogens with one attached hydrogen (secondary N) is 2. The number of carbonyl (C=O) groups excluding carboxylic acids is 1. The van der Waals surface area contributed by atoms with Gasteiger partial charge in [-0.25, -0.2) is 8.42 Å². The summed E-state index contributed by atoms with van der Waals surface area (Å²) in [5, 5.41) is 11.9. The fourth-order valence-electron chi connectivity index (χ4n) is 2.77. The van der Waals surface area contributed by atoms with E-state index in [0.717, 1.165) is 18.2 Å². The topological polar surface area (TPSA) is 105 Å². The smallest absolute Gasteiger partial charge is 0.416 e. The maximum absolute atomic E-state index is 12.9. The molecule has 0 saturated carbocycles. The van der Waals surface area contributed by atoms with E-state index in [0.29, 0.717) is 6.07 Å². The van der Waals surface area contributed by atoms with Gasteiger partial charge in [0.1, 0.15) is 10.6 Å². The van der Waals surface area contributed by atoms with Gasteiger partial charge in [-0.3, -0.25) is 9.52 Å². The van der Waals surface area contributed by atoms with Crippen LogP contribution >= 0.6 is 0 Å². The van der Waals surface area contributed by atoms with Crippen molar-refractivity contribution in [1.82, 2.24) is 0 Å². The summed E-state index contributed by atoms with van der Waals surface area (Å²) in [6, 6.07) is 7.53. The second-order valence-corrected chi connectivity index (χ2v) is 8.72. The van der Waals surface area contributed by atoms with Gasteiger partial charge in [-0.1, -0.05) is 19.9 Å². The number of anilines is 2. The average molecular weight is 460 g/mol. The first-order chi connectivity index (χ1) is 14.4. The number of benzene rings is 2. The zero-order valence-corrected chi connectivity index (χ0v) is 17.8. The third-order valence-corrected chi connectivity index (χ3v) is 5.92. The summed E-state index contributed by atoms with van der Waals surface area (Å²) in [4.78, 5) is 12.0. The third kappa shape index (κ3) is 6.11. The molecule has 0 bridgehead atoms. The number of aliphatic hydroxyl groups excluding tert-OH is 1. The molecule has 0 saturated heterocycles. The lowest BCUT2D eigenvalue weighted by molar-refractivity contribution is -0.137. The van der Waals surface area contributed by atoms with Crippen LogP contribution in [-0.2, 0) is 21.0 Å². The number of halogens is 3. The standard InChI is InChI=1S/C20H23F3N2O5S/c1-12(2)16(11-26)19(27)24-14-7-8-18(17(10-14)30-3)31(28,29)25-15-6-4-5-13(9-15)20(21,22)23/h4-10,12,16,25-26H,11H2,1-3H3,(H,24,27)/t16-/m0/s1. The summed E-state index contributed by atoms with van der Waals surface area (Å²) >= 11 is 0. The number of hydrogen-bond acceptors (Lipinski definition) is 5. The second-order valence-electron chi connectivity index (χ2n) is 7.07. The van der Waals surface area contributed by atoms with Gasteiger partial charge in [0, 0.05) is 17.4 Å². The van der Waals surface area contributed by atoms with Crippen molar-refractivity contribution in [3.8, 4) is 5.75 Å². The number of alkyl halides is 3. The van der Waals surface area contributed by atoms with Gasteiger partial charge in [0.05, 0.1) is 25.2 Å². The van der Waals surface area contributed by atoms with Gasteiger partial charge in [-0.05, 0) is 36.2 Å². The van der Waals surface area contributed by atoms with Gasteiger partial charge in [0.25, 0.3) is 10.0 Å². The Morgan fingerprint density at radius 1 is 1.13 bits per heavy atom. The zero-order valence-electron chi connectivity index (χ0n) is 17.0. The lowest BCUT2D eigenvalue weighted by Gasteiger charge is -2.18. The number of amides is 1. The lowest BCUT2D eigenvalue weighted by Crippen LogP contribution is -2.29. The molecule has 0 aromatic heterocycles. The first kappa shape index (κ1) is 24.5. The van der Waals surface area contributed by atoms with Crippen LogP contribution < -0.4 is 14.8 Å². The van der Waals surface area contributed by atoms with Crippen molar-refractivity contribution in [2.24, 2.45) is 11.8 Å². The minimum absolute atomic E-state index is 0.122. The van der Waals surface area contributed by atoms with E-state index in [4.69, 9.17) is 4.74 Å². The Kier molecular flexibility index (Phi) is 7.55. The van der Waals surface area contributed by atoms with Crippen LogP contribution in [0.5, 0.6) is 5.75 Å². The molecule has 0 fully saturated rings. The Hall–Kier alpha value is -2.79. The van der Waals surface area contributed by atoms with Gasteiger partial charge in [-0.2, -0.15) is 13.2 Å². The number of rotatable bonds is 8. The molecule has 0 aliphatic rings. The number of methoxy groups -OCH3 is 1. The summed E-state index contributed by atoms with van der Waals surface area (Å²) in [6.45, 7) is 3.19. The molecule has 0 heterocycles. The number of aliphatic hydroxyl groups is 1. The number of ether oxygens (including phenoxy) is 1. The zero-order chi connectivity index (χ0) is 23.4. The molecule has 170 valence electrons. The van der Waals surface area contributed by atoms with Gasteiger partial charge in [0.2, 0.25) is 5.91 Å². The Balaban J connectivity index is 2.31. The molecule has 31 heavy (non-hydrogen) atoms. The van der Waals surface area contributed by atoms with Crippen LogP contribution in [0.4, 0.5) is 24.5 Å². The van der Waals surface area contributed by atoms with Crippen LogP contribution in [0.25, 0.3) is 0 Å². The summed E-state index contributed by atoms with van der Waals surface area (Å²) in [7, 11) is -3.08. The third-order valence-electron chi connectivity index (χ3n) is 4.50. The second kappa shape index (κ2) is 9.56. The molecule has 1 atom stereocenters. The summed E-state index contributed by atoms with van der Waals surface area (Å²) < 4.78 is 71.3. The van der Waals surface area contributed by atoms with Gasteiger partial charge < -0.3 is 15.2 Å². The van der Waals surface area contributed by atoms with Crippen LogP contribution in [0.1, 0.15) is 19.4 Å². The molecule has 0 aliphatic heterocycles. The highest BCUT2D eigenvalue weighted by Gasteiger charge is 2.31. The largest absolute Gasteiger partial charge is 0.495 e. The SMILES string of the molecule is COc1cc(NC(=O)[C@@H](CO)C(C)C)ccc1S(=O)(=O)Nc1cccc(C(F)(F)F)c1. The maximum atomic E-state index is 12.9. The summed E-state index contributed by atoms with van der Waals surface area (Å²) in [6.07, 6.45) is -4.62. The maximum Gasteiger partial charge on any atom is 0.416 e. The van der Waals surface area contributed by atoms with E-state index < -0.39 is 33.6 Å². The van der Waals surface area contributed by atoms with E-state index >= 15 is 0 Å². The molecular weight excluding hydrogens is 437 g/mol. The normalized spacial score (nSPS) is 13.0. The van der Waals surface area contributed by atoms with E-state index in [1.165, 1.54) is 25.3 Å². The molecular formula is C20H23F3N2O5S. The number of hydrogen-bond donors (Lipinski definition) is 3. The van der Waals surface area contributed by atoms with Crippen molar-refractivity contribution in [1.29, 1.82) is 0 Å². The first-order valence-electron chi connectivity index (χ1n) is 9.19. The number of sulfonamides is 1. The molecule has 0 aliphatic carbocycles. The fraction of sp³-hybridized carbons (Fsp3) is 0.350. The molecule has 2 aromatic rings. The quantitative estimate of drug-likeness (QED) is 0.557.